The van der Waals surface area contributed by atoms with Crippen LogP contribution < -0.4 is 4.74 Å². The van der Waals surface area contributed by atoms with Gasteiger partial charge in [-0.2, -0.15) is 0 Å². The summed E-state index contributed by atoms with van der Waals surface area (Å²) in [6.07, 6.45) is 2.79. The van der Waals surface area contributed by atoms with Crippen LogP contribution in [0.2, 0.25) is 5.02 Å². The summed E-state index contributed by atoms with van der Waals surface area (Å²) in [7, 11) is 0. The highest BCUT2D eigenvalue weighted by atomic mass is 35.5. The number of carbonyl (C=O) groups is 1. The second kappa shape index (κ2) is 4.80. The fourth-order valence-electron chi connectivity index (χ4n) is 1.17. The van der Waals surface area contributed by atoms with Gasteiger partial charge in [-0.1, -0.05) is 11.6 Å². The lowest BCUT2D eigenvalue weighted by Gasteiger charge is -2.06. The number of aromatic carboxylic acids is 1. The van der Waals surface area contributed by atoms with Crippen LogP contribution in [0.4, 0.5) is 0 Å². The van der Waals surface area contributed by atoms with Crippen molar-refractivity contribution in [1.29, 1.82) is 0 Å². The molecule has 2 aromatic rings. The number of hydrogen-bond donors (Lipinski definition) is 1. The van der Waals surface area contributed by atoms with Crippen LogP contribution in [0.25, 0.3) is 0 Å². The van der Waals surface area contributed by atoms with E-state index >= 15 is 0 Å². The summed E-state index contributed by atoms with van der Waals surface area (Å²) in [6.45, 7) is 0. The minimum Gasteiger partial charge on any atom is -0.476 e. The zero-order valence-electron chi connectivity index (χ0n) is 8.50. The Hall–Kier alpha value is -2.14. The maximum Gasteiger partial charge on any atom is 0.358 e. The van der Waals surface area contributed by atoms with Crippen LogP contribution in [0.15, 0.2) is 36.7 Å². The predicted molar refractivity (Wildman–Crippen MR) is 60.5 cm³/mol. The van der Waals surface area contributed by atoms with Gasteiger partial charge >= 0.3 is 5.97 Å². The van der Waals surface area contributed by atoms with E-state index in [1.165, 1.54) is 18.5 Å². The number of halogens is 1. The van der Waals surface area contributed by atoms with Crippen LogP contribution in [0.3, 0.4) is 0 Å². The lowest BCUT2D eigenvalue weighted by molar-refractivity contribution is 0.0687. The van der Waals surface area contributed by atoms with E-state index in [1.54, 1.807) is 18.2 Å². The minimum absolute atomic E-state index is 0.134. The fraction of sp³-hybridized carbons (Fsp3) is 0. The maximum atomic E-state index is 10.9. The van der Waals surface area contributed by atoms with E-state index in [-0.39, 0.29) is 17.3 Å². The summed E-state index contributed by atoms with van der Waals surface area (Å²) in [6, 6.07) is 6.23. The first-order valence-corrected chi connectivity index (χ1v) is 5.02. The van der Waals surface area contributed by atoms with Crippen molar-refractivity contribution in [2.45, 2.75) is 0 Å². The topological polar surface area (TPSA) is 72.3 Å². The van der Waals surface area contributed by atoms with Crippen molar-refractivity contribution in [2.24, 2.45) is 0 Å². The quantitative estimate of drug-likeness (QED) is 0.907. The third-order valence-electron chi connectivity index (χ3n) is 1.89. The summed E-state index contributed by atoms with van der Waals surface area (Å²) >= 11 is 5.67. The normalized spacial score (nSPS) is 9.94. The van der Waals surface area contributed by atoms with E-state index < -0.39 is 5.97 Å². The van der Waals surface area contributed by atoms with Crippen LogP contribution in [0, 0.1) is 0 Å². The van der Waals surface area contributed by atoms with Crippen molar-refractivity contribution in [3.05, 3.63) is 47.4 Å². The number of ether oxygens (including phenoxy) is 1. The van der Waals surface area contributed by atoms with Gasteiger partial charge in [0, 0.05) is 18.5 Å². The Morgan fingerprint density at radius 1 is 1.29 bits per heavy atom. The second-order valence-electron chi connectivity index (χ2n) is 3.07. The zero-order chi connectivity index (χ0) is 12.3. The highest BCUT2D eigenvalue weighted by molar-refractivity contribution is 6.30. The molecular weight excluding hydrogens is 244 g/mol. The molecule has 17 heavy (non-hydrogen) atoms. The first-order chi connectivity index (χ1) is 8.16. The van der Waals surface area contributed by atoms with E-state index in [1.807, 2.05) is 0 Å². The zero-order valence-corrected chi connectivity index (χ0v) is 9.26. The van der Waals surface area contributed by atoms with Crippen LogP contribution in [-0.2, 0) is 0 Å². The molecule has 0 unspecified atom stereocenters. The molecular formula is C11H7ClN2O3. The summed E-state index contributed by atoms with van der Waals surface area (Å²) < 4.78 is 5.31. The van der Waals surface area contributed by atoms with Gasteiger partial charge < -0.3 is 9.84 Å². The molecule has 0 bridgehead atoms. The number of nitrogens with zero attached hydrogens (tertiary/aromatic N) is 2. The number of pyridine rings is 2. The lowest BCUT2D eigenvalue weighted by atomic mass is 10.3. The average molecular weight is 251 g/mol. The number of carboxylic acids is 1. The van der Waals surface area contributed by atoms with Gasteiger partial charge in [0.1, 0.15) is 0 Å². The third kappa shape index (κ3) is 2.70. The van der Waals surface area contributed by atoms with Gasteiger partial charge in [0.25, 0.3) is 0 Å². The van der Waals surface area contributed by atoms with Crippen molar-refractivity contribution in [3.63, 3.8) is 0 Å². The average Bonchev–Trinajstić information content (AvgIpc) is 2.32. The SMILES string of the molecule is O=C(O)c1ncccc1Oc1ccc(Cl)cn1. The molecule has 1 N–H and O–H groups in total. The lowest BCUT2D eigenvalue weighted by Crippen LogP contribution is -2.03. The number of aromatic nitrogens is 2. The van der Waals surface area contributed by atoms with Crippen LogP contribution in [0.5, 0.6) is 11.6 Å². The monoisotopic (exact) mass is 250 g/mol. The standard InChI is InChI=1S/C11H7ClN2O3/c12-7-3-4-9(14-6-7)17-8-2-1-5-13-10(8)11(15)16/h1-6H,(H,15,16). The highest BCUT2D eigenvalue weighted by Crippen LogP contribution is 2.22. The number of hydrogen-bond acceptors (Lipinski definition) is 4. The largest absolute Gasteiger partial charge is 0.476 e. The smallest absolute Gasteiger partial charge is 0.358 e. The molecule has 2 aromatic heterocycles. The van der Waals surface area contributed by atoms with Gasteiger partial charge in [-0.15, -0.1) is 0 Å². The first-order valence-electron chi connectivity index (χ1n) is 4.64. The van der Waals surface area contributed by atoms with E-state index in [9.17, 15) is 4.79 Å². The minimum atomic E-state index is -1.16. The Morgan fingerprint density at radius 2 is 2.12 bits per heavy atom. The Labute approximate surface area is 102 Å². The van der Waals surface area contributed by atoms with Crippen molar-refractivity contribution in [2.75, 3.05) is 0 Å². The Balaban J connectivity index is 2.30. The molecule has 0 radical (unpaired) electrons. The molecule has 2 rings (SSSR count). The molecule has 0 amide bonds. The molecule has 0 atom stereocenters. The van der Waals surface area contributed by atoms with Gasteiger partial charge in [-0.25, -0.2) is 14.8 Å². The van der Waals surface area contributed by atoms with E-state index in [2.05, 4.69) is 9.97 Å². The molecule has 0 aliphatic heterocycles. The van der Waals surface area contributed by atoms with E-state index in [0.717, 1.165) is 0 Å². The molecule has 0 spiro atoms. The van der Waals surface area contributed by atoms with Crippen molar-refractivity contribution >= 4 is 17.6 Å². The molecule has 0 fully saturated rings. The van der Waals surface area contributed by atoms with Crippen molar-refractivity contribution in [3.8, 4) is 11.6 Å². The van der Waals surface area contributed by atoms with E-state index in [4.69, 9.17) is 21.4 Å². The molecule has 0 saturated carbocycles. The summed E-state index contributed by atoms with van der Waals surface area (Å²) in [4.78, 5) is 18.5. The van der Waals surface area contributed by atoms with Crippen molar-refractivity contribution < 1.29 is 14.6 Å². The molecule has 0 aromatic carbocycles. The maximum absolute atomic E-state index is 10.9. The molecule has 0 aliphatic rings. The summed E-state index contributed by atoms with van der Waals surface area (Å²) in [5.74, 6) is -0.769. The molecule has 5 nitrogen and oxygen atoms in total. The third-order valence-corrected chi connectivity index (χ3v) is 2.11. The van der Waals surface area contributed by atoms with Gasteiger partial charge in [-0.05, 0) is 18.2 Å². The molecule has 2 heterocycles. The van der Waals surface area contributed by atoms with Crippen LogP contribution in [0.1, 0.15) is 10.5 Å². The first kappa shape index (κ1) is 11.3. The Kier molecular flexibility index (Phi) is 3.20. The Bertz CT molecular complexity index is 543. The van der Waals surface area contributed by atoms with Gasteiger partial charge in [0.2, 0.25) is 5.88 Å². The fourth-order valence-corrected chi connectivity index (χ4v) is 1.28. The number of carboxylic acid groups (broad SMARTS) is 1. The summed E-state index contributed by atoms with van der Waals surface area (Å²) in [5.41, 5.74) is -0.163. The van der Waals surface area contributed by atoms with Gasteiger partial charge in [0.05, 0.1) is 5.02 Å². The van der Waals surface area contributed by atoms with E-state index in [0.29, 0.717) is 5.02 Å². The molecule has 0 aliphatic carbocycles. The van der Waals surface area contributed by atoms with Crippen LogP contribution >= 0.6 is 11.6 Å². The van der Waals surface area contributed by atoms with Crippen molar-refractivity contribution in [1.82, 2.24) is 9.97 Å². The van der Waals surface area contributed by atoms with Gasteiger partial charge in [0.15, 0.2) is 11.4 Å². The van der Waals surface area contributed by atoms with Gasteiger partial charge in [-0.3, -0.25) is 0 Å². The molecule has 86 valence electrons. The Morgan fingerprint density at radius 3 is 2.76 bits per heavy atom. The predicted octanol–water partition coefficient (Wildman–Crippen LogP) is 2.62. The highest BCUT2D eigenvalue weighted by Gasteiger charge is 2.13. The molecule has 6 heteroatoms. The van der Waals surface area contributed by atoms with Crippen LogP contribution in [-0.4, -0.2) is 21.0 Å². The molecule has 0 saturated heterocycles. The summed E-state index contributed by atoms with van der Waals surface area (Å²) in [5, 5.41) is 9.38. The second-order valence-corrected chi connectivity index (χ2v) is 3.51. The number of rotatable bonds is 3.